The van der Waals surface area contributed by atoms with Crippen LogP contribution in [-0.4, -0.2) is 24.2 Å². The van der Waals surface area contributed by atoms with E-state index in [1.54, 1.807) is 0 Å². The lowest BCUT2D eigenvalue weighted by Gasteiger charge is -1.99. The van der Waals surface area contributed by atoms with Crippen LogP contribution >= 0.6 is 11.8 Å². The molecule has 1 amide bonds. The summed E-state index contributed by atoms with van der Waals surface area (Å²) in [6.45, 7) is 1.94. The molecule has 0 atom stereocenters. The van der Waals surface area contributed by atoms with Gasteiger partial charge in [0.2, 0.25) is 0 Å². The first-order chi connectivity index (χ1) is 9.10. The molecule has 98 valence electrons. The van der Waals surface area contributed by atoms with Crippen molar-refractivity contribution in [3.05, 3.63) is 40.8 Å². The van der Waals surface area contributed by atoms with E-state index in [9.17, 15) is 9.59 Å². The third-order valence-corrected chi connectivity index (χ3v) is 3.35. The van der Waals surface area contributed by atoms with Crippen molar-refractivity contribution in [3.63, 3.8) is 0 Å². The third kappa shape index (κ3) is 3.23. The van der Waals surface area contributed by atoms with Crippen LogP contribution in [0.1, 0.15) is 5.56 Å². The molecule has 0 aromatic heterocycles. The minimum atomic E-state index is -0.560. The molecule has 1 N–H and O–H groups in total. The van der Waals surface area contributed by atoms with Gasteiger partial charge in [-0.2, -0.15) is 0 Å². The molecule has 0 spiro atoms. The number of carbonyl (C=O) groups excluding carboxylic acids is 2. The van der Waals surface area contributed by atoms with Crippen LogP contribution < -0.4 is 5.32 Å². The average Bonchev–Trinajstić information content (AvgIpc) is 2.72. The molecule has 6 heteroatoms. The highest BCUT2D eigenvalue weighted by molar-refractivity contribution is 8.18. The van der Waals surface area contributed by atoms with E-state index in [0.717, 1.165) is 29.1 Å². The van der Waals surface area contributed by atoms with E-state index in [1.165, 1.54) is 7.11 Å². The number of amides is 1. The molecule has 1 aromatic rings. The summed E-state index contributed by atoms with van der Waals surface area (Å²) in [5, 5.41) is 3.06. The fraction of sp³-hybridized carbons (Fsp3) is 0.154. The maximum Gasteiger partial charge on any atom is 0.331 e. The van der Waals surface area contributed by atoms with Crippen LogP contribution in [0.3, 0.4) is 0 Å². The second-order valence-corrected chi connectivity index (χ2v) is 4.82. The van der Waals surface area contributed by atoms with Gasteiger partial charge >= 0.3 is 5.97 Å². The van der Waals surface area contributed by atoms with E-state index in [4.69, 9.17) is 0 Å². The van der Waals surface area contributed by atoms with Crippen LogP contribution in [0.15, 0.2) is 40.2 Å². The van der Waals surface area contributed by atoms with Gasteiger partial charge in [-0.15, -0.1) is 0 Å². The Morgan fingerprint density at radius 1 is 1.42 bits per heavy atom. The summed E-state index contributed by atoms with van der Waals surface area (Å²) in [5.74, 6) is -0.905. The fourth-order valence-electron chi connectivity index (χ4n) is 1.44. The molecule has 5 nitrogen and oxygen atoms in total. The number of hydrogen-bond donors (Lipinski definition) is 1. The van der Waals surface area contributed by atoms with Crippen molar-refractivity contribution in [1.82, 2.24) is 5.32 Å². The SMILES string of the molecule is COC(=O)/C=C1\SC(=Nc2ccccc2C)NC1=O. The number of para-hydroxylation sites is 1. The Labute approximate surface area is 114 Å². The van der Waals surface area contributed by atoms with Crippen molar-refractivity contribution in [2.75, 3.05) is 7.11 Å². The van der Waals surface area contributed by atoms with Gasteiger partial charge in [0.1, 0.15) is 0 Å². The normalized spacial score (nSPS) is 18.7. The summed E-state index contributed by atoms with van der Waals surface area (Å²) in [5.41, 5.74) is 1.79. The highest BCUT2D eigenvalue weighted by Crippen LogP contribution is 2.27. The number of nitrogens with zero attached hydrogens (tertiary/aromatic N) is 1. The third-order valence-electron chi connectivity index (χ3n) is 2.44. The van der Waals surface area contributed by atoms with Gasteiger partial charge in [0.25, 0.3) is 5.91 Å². The largest absolute Gasteiger partial charge is 0.466 e. The molecule has 1 aliphatic rings. The molecule has 0 saturated carbocycles. The Bertz CT molecular complexity index is 593. The highest BCUT2D eigenvalue weighted by atomic mass is 32.2. The van der Waals surface area contributed by atoms with Crippen LogP contribution in [0.5, 0.6) is 0 Å². The first-order valence-electron chi connectivity index (χ1n) is 5.53. The predicted molar refractivity (Wildman–Crippen MR) is 74.1 cm³/mol. The number of nitrogens with one attached hydrogen (secondary N) is 1. The maximum atomic E-state index is 11.6. The molecule has 0 unspecified atom stereocenters. The molecular formula is C13H12N2O3S. The molecule has 2 rings (SSSR count). The van der Waals surface area contributed by atoms with Gasteiger partial charge in [-0.3, -0.25) is 4.79 Å². The number of hydrogen-bond acceptors (Lipinski definition) is 5. The Kier molecular flexibility index (Phi) is 4.01. The zero-order valence-corrected chi connectivity index (χ0v) is 11.3. The number of esters is 1. The minimum Gasteiger partial charge on any atom is -0.466 e. The van der Waals surface area contributed by atoms with Gasteiger partial charge < -0.3 is 10.1 Å². The maximum absolute atomic E-state index is 11.6. The lowest BCUT2D eigenvalue weighted by molar-refractivity contribution is -0.135. The Morgan fingerprint density at radius 3 is 2.84 bits per heavy atom. The van der Waals surface area contributed by atoms with E-state index in [2.05, 4.69) is 15.0 Å². The van der Waals surface area contributed by atoms with Gasteiger partial charge in [-0.1, -0.05) is 18.2 Å². The monoisotopic (exact) mass is 276 g/mol. The summed E-state index contributed by atoms with van der Waals surface area (Å²) in [6.07, 6.45) is 1.15. The number of aryl methyl sites for hydroxylation is 1. The van der Waals surface area contributed by atoms with E-state index in [-0.39, 0.29) is 10.8 Å². The lowest BCUT2D eigenvalue weighted by Crippen LogP contribution is -2.19. The Balaban J connectivity index is 2.22. The van der Waals surface area contributed by atoms with Gasteiger partial charge in [-0.25, -0.2) is 9.79 Å². The molecular weight excluding hydrogens is 264 g/mol. The summed E-state index contributed by atoms with van der Waals surface area (Å²) < 4.78 is 4.48. The molecule has 19 heavy (non-hydrogen) atoms. The summed E-state index contributed by atoms with van der Waals surface area (Å²) in [7, 11) is 1.26. The number of carbonyl (C=O) groups is 2. The zero-order chi connectivity index (χ0) is 13.8. The van der Waals surface area contributed by atoms with Crippen LogP contribution in [0.2, 0.25) is 0 Å². The van der Waals surface area contributed by atoms with Crippen molar-refractivity contribution in [1.29, 1.82) is 0 Å². The summed E-state index contributed by atoms with van der Waals surface area (Å²) in [6, 6.07) is 7.59. The first-order valence-corrected chi connectivity index (χ1v) is 6.35. The Morgan fingerprint density at radius 2 is 2.16 bits per heavy atom. The molecule has 1 fully saturated rings. The van der Waals surface area contributed by atoms with Crippen LogP contribution in [-0.2, 0) is 14.3 Å². The van der Waals surface area contributed by atoms with E-state index < -0.39 is 5.97 Å². The van der Waals surface area contributed by atoms with Gasteiger partial charge in [-0.05, 0) is 30.3 Å². The van der Waals surface area contributed by atoms with Crippen molar-refractivity contribution in [2.24, 2.45) is 4.99 Å². The Hall–Kier alpha value is -2.08. The second kappa shape index (κ2) is 5.71. The van der Waals surface area contributed by atoms with Crippen molar-refractivity contribution >= 4 is 34.5 Å². The lowest BCUT2D eigenvalue weighted by atomic mass is 10.2. The minimum absolute atomic E-state index is 0.277. The van der Waals surface area contributed by atoms with E-state index in [0.29, 0.717) is 5.17 Å². The summed E-state index contributed by atoms with van der Waals surface area (Å²) in [4.78, 5) is 27.3. The van der Waals surface area contributed by atoms with Crippen molar-refractivity contribution < 1.29 is 14.3 Å². The number of ether oxygens (including phenoxy) is 1. The standard InChI is InChI=1S/C13H12N2O3S/c1-8-5-3-4-6-9(8)14-13-15-12(17)10(19-13)7-11(16)18-2/h3-7H,1-2H3,(H,14,15,17)/b10-7-. The van der Waals surface area contributed by atoms with Crippen LogP contribution in [0.25, 0.3) is 0 Å². The quantitative estimate of drug-likeness (QED) is 0.661. The van der Waals surface area contributed by atoms with E-state index >= 15 is 0 Å². The van der Waals surface area contributed by atoms with Crippen molar-refractivity contribution in [2.45, 2.75) is 6.92 Å². The van der Waals surface area contributed by atoms with Gasteiger partial charge in [0.05, 0.1) is 17.7 Å². The van der Waals surface area contributed by atoms with E-state index in [1.807, 2.05) is 31.2 Å². The number of thioether (sulfide) groups is 1. The molecule has 1 aliphatic heterocycles. The number of rotatable bonds is 2. The fourth-order valence-corrected chi connectivity index (χ4v) is 2.24. The highest BCUT2D eigenvalue weighted by Gasteiger charge is 2.25. The molecule has 1 saturated heterocycles. The smallest absolute Gasteiger partial charge is 0.331 e. The van der Waals surface area contributed by atoms with Gasteiger partial charge in [0, 0.05) is 6.08 Å². The van der Waals surface area contributed by atoms with Gasteiger partial charge in [0.15, 0.2) is 5.17 Å². The number of amidine groups is 1. The topological polar surface area (TPSA) is 67.8 Å². The van der Waals surface area contributed by atoms with Crippen molar-refractivity contribution in [3.8, 4) is 0 Å². The number of aliphatic imine (C=N–C) groups is 1. The molecule has 1 heterocycles. The molecule has 0 bridgehead atoms. The predicted octanol–water partition coefficient (Wildman–Crippen LogP) is 1.90. The number of methoxy groups -OCH3 is 1. The average molecular weight is 276 g/mol. The number of benzene rings is 1. The first kappa shape index (κ1) is 13.4. The van der Waals surface area contributed by atoms with Crippen LogP contribution in [0.4, 0.5) is 5.69 Å². The molecule has 0 radical (unpaired) electrons. The second-order valence-electron chi connectivity index (χ2n) is 3.79. The zero-order valence-electron chi connectivity index (χ0n) is 10.5. The molecule has 1 aromatic carbocycles. The van der Waals surface area contributed by atoms with Crippen LogP contribution in [0, 0.1) is 6.92 Å². The summed E-state index contributed by atoms with van der Waals surface area (Å²) >= 11 is 1.12. The molecule has 0 aliphatic carbocycles.